The van der Waals surface area contributed by atoms with Crippen molar-refractivity contribution >= 4 is 11.3 Å². The van der Waals surface area contributed by atoms with E-state index in [-0.39, 0.29) is 0 Å². The summed E-state index contributed by atoms with van der Waals surface area (Å²) in [6, 6.07) is 0.429. The van der Waals surface area contributed by atoms with Gasteiger partial charge in [0.05, 0.1) is 16.1 Å². The summed E-state index contributed by atoms with van der Waals surface area (Å²) in [5.74, 6) is 1.65. The molecule has 0 aromatic carbocycles. The molecule has 0 bridgehead atoms. The molecule has 23 heavy (non-hydrogen) atoms. The van der Waals surface area contributed by atoms with Crippen LogP contribution in [0.15, 0.2) is 12.4 Å². The van der Waals surface area contributed by atoms with E-state index in [1.54, 1.807) is 0 Å². The predicted octanol–water partition coefficient (Wildman–Crippen LogP) is 3.56. The highest BCUT2D eigenvalue weighted by Crippen LogP contribution is 2.37. The van der Waals surface area contributed by atoms with Gasteiger partial charge in [-0.1, -0.05) is 0 Å². The Morgan fingerprint density at radius 3 is 2.52 bits per heavy atom. The predicted molar refractivity (Wildman–Crippen MR) is 94.4 cm³/mol. The summed E-state index contributed by atoms with van der Waals surface area (Å²) in [4.78, 5) is 5.99. The van der Waals surface area contributed by atoms with Gasteiger partial charge in [-0.25, -0.2) is 4.98 Å². The molecule has 2 saturated carbocycles. The molecule has 0 amide bonds. The van der Waals surface area contributed by atoms with Gasteiger partial charge in [0, 0.05) is 37.0 Å². The fourth-order valence-electron chi connectivity index (χ4n) is 3.67. The van der Waals surface area contributed by atoms with E-state index in [9.17, 15) is 0 Å². The molecule has 5 heteroatoms. The molecule has 0 spiro atoms. The van der Waals surface area contributed by atoms with Crippen molar-refractivity contribution in [1.82, 2.24) is 14.8 Å². The van der Waals surface area contributed by atoms with Crippen LogP contribution in [0, 0.1) is 11.8 Å². The van der Waals surface area contributed by atoms with Gasteiger partial charge in [0.1, 0.15) is 0 Å². The van der Waals surface area contributed by atoms with Crippen LogP contribution >= 0.6 is 11.3 Å². The Kier molecular flexibility index (Phi) is 4.24. The summed E-state index contributed by atoms with van der Waals surface area (Å²) in [6.45, 7) is 0. The Hall–Kier alpha value is -1.20. The number of nitrogens with zero attached hydrogens (tertiary/aromatic N) is 3. The molecule has 0 radical (unpaired) electrons. The number of aromatic nitrogens is 3. The Bertz CT molecular complexity index is 662. The molecule has 0 aliphatic heterocycles. The van der Waals surface area contributed by atoms with Crippen LogP contribution < -0.4 is 5.73 Å². The minimum atomic E-state index is 0.429. The second-order valence-electron chi connectivity index (χ2n) is 7.38. The van der Waals surface area contributed by atoms with Crippen LogP contribution in [-0.4, -0.2) is 20.8 Å². The van der Waals surface area contributed by atoms with Crippen LogP contribution in [0.1, 0.15) is 49.2 Å². The zero-order valence-corrected chi connectivity index (χ0v) is 14.7. The van der Waals surface area contributed by atoms with Crippen LogP contribution in [0.25, 0.3) is 10.4 Å². The molecule has 0 atom stereocenters. The van der Waals surface area contributed by atoms with Crippen molar-refractivity contribution < 1.29 is 0 Å². The van der Waals surface area contributed by atoms with Crippen molar-refractivity contribution in [3.8, 4) is 10.4 Å². The summed E-state index contributed by atoms with van der Waals surface area (Å²) in [5.41, 5.74) is 8.69. The topological polar surface area (TPSA) is 56.7 Å². The Balaban J connectivity index is 1.47. The first kappa shape index (κ1) is 15.3. The van der Waals surface area contributed by atoms with Gasteiger partial charge >= 0.3 is 0 Å². The van der Waals surface area contributed by atoms with Crippen molar-refractivity contribution in [3.63, 3.8) is 0 Å². The van der Waals surface area contributed by atoms with Gasteiger partial charge in [0.2, 0.25) is 0 Å². The highest BCUT2D eigenvalue weighted by atomic mass is 32.1. The second kappa shape index (κ2) is 6.36. The van der Waals surface area contributed by atoms with Gasteiger partial charge in [-0.3, -0.25) is 4.68 Å². The van der Waals surface area contributed by atoms with Gasteiger partial charge in [0.15, 0.2) is 0 Å². The zero-order chi connectivity index (χ0) is 15.8. The molecule has 4 nitrogen and oxygen atoms in total. The first-order valence-corrected chi connectivity index (χ1v) is 9.72. The maximum absolute atomic E-state index is 6.01. The Morgan fingerprint density at radius 2 is 1.78 bits per heavy atom. The van der Waals surface area contributed by atoms with Crippen molar-refractivity contribution in [2.75, 3.05) is 0 Å². The summed E-state index contributed by atoms with van der Waals surface area (Å²) in [5, 5.41) is 5.77. The molecule has 2 fully saturated rings. The molecule has 2 N–H and O–H groups in total. The maximum atomic E-state index is 6.01. The van der Waals surface area contributed by atoms with Crippen molar-refractivity contribution in [2.45, 2.75) is 57.4 Å². The molecule has 2 heterocycles. The lowest BCUT2D eigenvalue weighted by molar-refractivity contribution is 0.324. The monoisotopic (exact) mass is 330 g/mol. The molecule has 124 valence electrons. The smallest absolute Gasteiger partial charge is 0.0934 e. The first-order valence-electron chi connectivity index (χ1n) is 8.90. The number of nitrogens with two attached hydrogens (primary N) is 1. The lowest BCUT2D eigenvalue weighted by atomic mass is 9.85. The van der Waals surface area contributed by atoms with E-state index >= 15 is 0 Å². The minimum absolute atomic E-state index is 0.429. The first-order chi connectivity index (χ1) is 11.2. The average Bonchev–Trinajstić information content (AvgIpc) is 3.13. The third-order valence-electron chi connectivity index (χ3n) is 5.41. The third-order valence-corrected chi connectivity index (χ3v) is 6.47. The van der Waals surface area contributed by atoms with Crippen LogP contribution in [0.2, 0.25) is 0 Å². The van der Waals surface area contributed by atoms with E-state index < -0.39 is 0 Å². The van der Waals surface area contributed by atoms with Gasteiger partial charge in [-0.15, -0.1) is 11.3 Å². The van der Waals surface area contributed by atoms with Crippen molar-refractivity contribution in [1.29, 1.82) is 0 Å². The normalized spacial score (nSPS) is 25.0. The molecular formula is C18H26N4S. The molecule has 2 aliphatic carbocycles. The van der Waals surface area contributed by atoms with Gasteiger partial charge < -0.3 is 5.73 Å². The van der Waals surface area contributed by atoms with E-state index in [1.807, 2.05) is 17.5 Å². The van der Waals surface area contributed by atoms with Crippen LogP contribution in [-0.2, 0) is 19.9 Å². The fraction of sp³-hybridized carbons (Fsp3) is 0.667. The quantitative estimate of drug-likeness (QED) is 0.912. The number of hydrogen-bond acceptors (Lipinski definition) is 4. The molecule has 0 unspecified atom stereocenters. The number of hydrogen-bond donors (Lipinski definition) is 1. The Morgan fingerprint density at radius 1 is 1.09 bits per heavy atom. The number of aryl methyl sites for hydroxylation is 1. The number of thiazole rings is 1. The van der Waals surface area contributed by atoms with Crippen LogP contribution in [0.5, 0.6) is 0 Å². The lowest BCUT2D eigenvalue weighted by Crippen LogP contribution is -2.27. The minimum Gasteiger partial charge on any atom is -0.328 e. The average molecular weight is 331 g/mol. The molecular weight excluding hydrogens is 304 g/mol. The largest absolute Gasteiger partial charge is 0.328 e. The zero-order valence-electron chi connectivity index (χ0n) is 13.9. The van der Waals surface area contributed by atoms with E-state index in [4.69, 9.17) is 10.7 Å². The highest BCUT2D eigenvalue weighted by molar-refractivity contribution is 7.15. The van der Waals surface area contributed by atoms with Crippen molar-refractivity contribution in [2.24, 2.45) is 24.6 Å². The fourth-order valence-corrected chi connectivity index (χ4v) is 4.74. The van der Waals surface area contributed by atoms with Gasteiger partial charge in [-0.2, -0.15) is 5.10 Å². The standard InChI is InChI=1S/C18H26N4S/c1-22-16(8-12-2-3-12)15(10-21-22)17-11-20-18(23-17)9-13-4-6-14(19)7-5-13/h10-14H,2-9,19H2,1H3. The van der Waals surface area contributed by atoms with Crippen molar-refractivity contribution in [3.05, 3.63) is 23.1 Å². The summed E-state index contributed by atoms with van der Waals surface area (Å²) < 4.78 is 2.05. The van der Waals surface area contributed by atoms with Crippen LogP contribution in [0.3, 0.4) is 0 Å². The molecule has 2 aliphatic rings. The highest BCUT2D eigenvalue weighted by Gasteiger charge is 2.26. The lowest BCUT2D eigenvalue weighted by Gasteiger charge is -2.25. The number of rotatable bonds is 5. The third kappa shape index (κ3) is 3.50. The Labute approximate surface area is 142 Å². The van der Waals surface area contributed by atoms with Gasteiger partial charge in [0.25, 0.3) is 0 Å². The van der Waals surface area contributed by atoms with Gasteiger partial charge in [-0.05, 0) is 56.8 Å². The summed E-state index contributed by atoms with van der Waals surface area (Å²) >= 11 is 1.86. The molecule has 2 aromatic rings. The van der Waals surface area contributed by atoms with E-state index in [0.717, 1.165) is 18.3 Å². The van der Waals surface area contributed by atoms with Crippen LogP contribution in [0.4, 0.5) is 0 Å². The summed E-state index contributed by atoms with van der Waals surface area (Å²) in [6.07, 6.45) is 14.0. The second-order valence-corrected chi connectivity index (χ2v) is 8.49. The summed E-state index contributed by atoms with van der Waals surface area (Å²) in [7, 11) is 2.06. The van der Waals surface area contributed by atoms with E-state index in [1.165, 1.54) is 66.1 Å². The molecule has 0 saturated heterocycles. The van der Waals surface area contributed by atoms with E-state index in [2.05, 4.69) is 23.0 Å². The maximum Gasteiger partial charge on any atom is 0.0934 e. The van der Waals surface area contributed by atoms with E-state index in [0.29, 0.717) is 6.04 Å². The SMILES string of the molecule is Cn1ncc(-c2cnc(CC3CCC(N)CC3)s2)c1CC1CC1. The molecule has 2 aromatic heterocycles. The molecule has 4 rings (SSSR count).